The normalized spacial score (nSPS) is 24.1. The van der Waals surface area contributed by atoms with Gasteiger partial charge < -0.3 is 9.47 Å². The number of rotatable bonds is 6. The fraction of sp³-hybridized carbons (Fsp3) is 0.333. The highest BCUT2D eigenvalue weighted by molar-refractivity contribution is 5.92. The number of hydrogen-bond donors (Lipinski definition) is 2. The molecule has 0 aliphatic heterocycles. The van der Waals surface area contributed by atoms with Crippen molar-refractivity contribution < 1.29 is 19.1 Å². The predicted octanol–water partition coefficient (Wildman–Crippen LogP) is 1.57. The number of carbonyl (C=O) groups is 2. The SMILES string of the molecule is CN(N)[C@@H]1Cc2ccccc2[C@H]1OC(=O)/C=C/C(=O)O[C@@H]1c2ccccc2C[C@H]1N(C)N. The van der Waals surface area contributed by atoms with Gasteiger partial charge in [-0.25, -0.2) is 19.6 Å². The molecule has 8 nitrogen and oxygen atoms in total. The van der Waals surface area contributed by atoms with Gasteiger partial charge in [-0.3, -0.25) is 11.7 Å². The highest BCUT2D eigenvalue weighted by Gasteiger charge is 2.38. The van der Waals surface area contributed by atoms with E-state index < -0.39 is 24.1 Å². The van der Waals surface area contributed by atoms with E-state index in [1.807, 2.05) is 48.5 Å². The lowest BCUT2D eigenvalue weighted by atomic mass is 10.1. The second-order valence-electron chi connectivity index (χ2n) is 8.32. The van der Waals surface area contributed by atoms with Gasteiger partial charge in [-0.15, -0.1) is 0 Å². The average molecular weight is 437 g/mol. The second kappa shape index (κ2) is 9.22. The van der Waals surface area contributed by atoms with Gasteiger partial charge in [0.1, 0.15) is 12.2 Å². The maximum Gasteiger partial charge on any atom is 0.331 e. The summed E-state index contributed by atoms with van der Waals surface area (Å²) in [6.07, 6.45) is 2.54. The van der Waals surface area contributed by atoms with E-state index in [0.717, 1.165) is 34.4 Å². The summed E-state index contributed by atoms with van der Waals surface area (Å²) in [7, 11) is 3.49. The lowest BCUT2D eigenvalue weighted by Crippen LogP contribution is -2.41. The molecule has 0 spiro atoms. The number of ether oxygens (including phenoxy) is 2. The van der Waals surface area contributed by atoms with Crippen molar-refractivity contribution in [2.24, 2.45) is 11.7 Å². The zero-order valence-electron chi connectivity index (χ0n) is 18.2. The number of nitrogens with zero attached hydrogens (tertiary/aromatic N) is 2. The first-order valence-electron chi connectivity index (χ1n) is 10.5. The summed E-state index contributed by atoms with van der Waals surface area (Å²) in [4.78, 5) is 25.0. The third-order valence-electron chi connectivity index (χ3n) is 6.17. The van der Waals surface area contributed by atoms with Gasteiger partial charge in [-0.2, -0.15) is 0 Å². The van der Waals surface area contributed by atoms with Gasteiger partial charge >= 0.3 is 11.9 Å². The van der Waals surface area contributed by atoms with Crippen LogP contribution in [0, 0.1) is 0 Å². The van der Waals surface area contributed by atoms with E-state index in [0.29, 0.717) is 12.8 Å². The van der Waals surface area contributed by atoms with Crippen LogP contribution in [0.15, 0.2) is 60.7 Å². The molecule has 4 rings (SSSR count). The van der Waals surface area contributed by atoms with Crippen molar-refractivity contribution in [2.75, 3.05) is 14.1 Å². The summed E-state index contributed by atoms with van der Waals surface area (Å²) < 4.78 is 11.3. The van der Waals surface area contributed by atoms with Gasteiger partial charge in [0.05, 0.1) is 12.1 Å². The van der Waals surface area contributed by atoms with E-state index in [1.165, 1.54) is 0 Å². The lowest BCUT2D eigenvalue weighted by Gasteiger charge is -2.26. The molecule has 0 heterocycles. The minimum absolute atomic E-state index is 0.174. The molecule has 2 aromatic rings. The number of carbonyl (C=O) groups excluding carboxylic acids is 2. The topological polar surface area (TPSA) is 111 Å². The highest BCUT2D eigenvalue weighted by atomic mass is 16.6. The van der Waals surface area contributed by atoms with Crippen molar-refractivity contribution in [1.82, 2.24) is 10.0 Å². The van der Waals surface area contributed by atoms with Crippen LogP contribution in [-0.2, 0) is 31.9 Å². The van der Waals surface area contributed by atoms with Crippen molar-refractivity contribution in [1.29, 1.82) is 0 Å². The Hall–Kier alpha value is -3.04. The molecule has 0 amide bonds. The van der Waals surface area contributed by atoms with Crippen molar-refractivity contribution in [3.63, 3.8) is 0 Å². The maximum atomic E-state index is 12.5. The minimum Gasteiger partial charge on any atom is -0.453 e. The smallest absolute Gasteiger partial charge is 0.331 e. The Morgan fingerprint density at radius 3 is 1.53 bits per heavy atom. The molecular formula is C24H28N4O4. The highest BCUT2D eigenvalue weighted by Crippen LogP contribution is 2.37. The first-order chi connectivity index (χ1) is 15.3. The monoisotopic (exact) mass is 436 g/mol. The zero-order chi connectivity index (χ0) is 22.8. The molecule has 0 saturated carbocycles. The summed E-state index contributed by atoms with van der Waals surface area (Å²) in [5.74, 6) is 10.7. The summed E-state index contributed by atoms with van der Waals surface area (Å²) in [6, 6.07) is 15.2. The Bertz CT molecular complexity index is 955. The third kappa shape index (κ3) is 4.44. The number of hydrazine groups is 2. The molecule has 0 aromatic heterocycles. The lowest BCUT2D eigenvalue weighted by molar-refractivity contribution is -0.149. The van der Waals surface area contributed by atoms with Gasteiger partial charge in [0.2, 0.25) is 0 Å². The second-order valence-corrected chi connectivity index (χ2v) is 8.32. The molecule has 0 radical (unpaired) electrons. The number of nitrogens with two attached hydrogens (primary N) is 2. The molecule has 2 aliphatic rings. The summed E-state index contributed by atoms with van der Waals surface area (Å²) in [5, 5.41) is 3.11. The van der Waals surface area contributed by atoms with E-state index >= 15 is 0 Å². The van der Waals surface area contributed by atoms with Crippen LogP contribution in [0.1, 0.15) is 34.5 Å². The van der Waals surface area contributed by atoms with Gasteiger partial charge in [0.25, 0.3) is 0 Å². The van der Waals surface area contributed by atoms with Crippen molar-refractivity contribution in [3.05, 3.63) is 82.9 Å². The van der Waals surface area contributed by atoms with E-state index in [9.17, 15) is 9.59 Å². The zero-order valence-corrected chi connectivity index (χ0v) is 18.2. The molecule has 0 unspecified atom stereocenters. The maximum absolute atomic E-state index is 12.5. The predicted molar refractivity (Wildman–Crippen MR) is 119 cm³/mol. The van der Waals surface area contributed by atoms with Crippen LogP contribution in [0.4, 0.5) is 0 Å². The molecule has 8 heteroatoms. The van der Waals surface area contributed by atoms with Gasteiger partial charge in [-0.1, -0.05) is 48.5 Å². The number of esters is 2. The van der Waals surface area contributed by atoms with Crippen LogP contribution in [0.2, 0.25) is 0 Å². The Balaban J connectivity index is 1.42. The molecular weight excluding hydrogens is 408 g/mol. The van der Waals surface area contributed by atoms with Crippen LogP contribution in [0.3, 0.4) is 0 Å². The van der Waals surface area contributed by atoms with Crippen LogP contribution in [-0.4, -0.2) is 48.1 Å². The van der Waals surface area contributed by atoms with Gasteiger partial charge in [-0.05, 0) is 35.1 Å². The molecule has 2 aromatic carbocycles. The standard InChI is InChI=1S/C24H28N4O4/c1-27(25)19-13-15-7-3-5-9-17(15)23(19)31-21(29)11-12-22(30)32-24-18-10-6-4-8-16(18)14-20(24)28(2)26/h3-12,19-20,23-24H,13-14,25-26H2,1-2H3/b12-11+/t19-,20-,23-,24-/m1/s1. The number of likely N-dealkylation sites (N-methyl/N-ethyl adjacent to an activating group) is 2. The molecule has 4 N–H and O–H groups in total. The first-order valence-corrected chi connectivity index (χ1v) is 10.5. The average Bonchev–Trinajstić information content (AvgIpc) is 3.32. The molecule has 2 aliphatic carbocycles. The summed E-state index contributed by atoms with van der Waals surface area (Å²) >= 11 is 0. The molecule has 32 heavy (non-hydrogen) atoms. The van der Waals surface area contributed by atoms with E-state index in [-0.39, 0.29) is 12.1 Å². The quantitative estimate of drug-likeness (QED) is 0.304. The van der Waals surface area contributed by atoms with E-state index in [2.05, 4.69) is 0 Å². The molecule has 4 atom stereocenters. The number of hydrogen-bond acceptors (Lipinski definition) is 8. The molecule has 0 bridgehead atoms. The van der Waals surface area contributed by atoms with E-state index in [1.54, 1.807) is 24.1 Å². The minimum atomic E-state index is -0.630. The van der Waals surface area contributed by atoms with Crippen LogP contribution in [0.25, 0.3) is 0 Å². The first kappa shape index (κ1) is 22.2. The van der Waals surface area contributed by atoms with E-state index in [4.69, 9.17) is 21.2 Å². The molecule has 168 valence electrons. The van der Waals surface area contributed by atoms with Crippen molar-refractivity contribution in [2.45, 2.75) is 37.1 Å². The van der Waals surface area contributed by atoms with Crippen molar-refractivity contribution in [3.8, 4) is 0 Å². The number of fused-ring (bicyclic) bond motifs is 2. The van der Waals surface area contributed by atoms with Gasteiger partial charge in [0.15, 0.2) is 0 Å². The molecule has 0 saturated heterocycles. The third-order valence-corrected chi connectivity index (χ3v) is 6.17. The molecule has 0 fully saturated rings. The summed E-state index contributed by atoms with van der Waals surface area (Å²) in [5.41, 5.74) is 4.03. The Kier molecular flexibility index (Phi) is 6.38. The fourth-order valence-corrected chi connectivity index (χ4v) is 4.54. The Morgan fingerprint density at radius 2 is 1.16 bits per heavy atom. The fourth-order valence-electron chi connectivity index (χ4n) is 4.54. The van der Waals surface area contributed by atoms with Crippen molar-refractivity contribution >= 4 is 11.9 Å². The van der Waals surface area contributed by atoms with Gasteiger partial charge in [0, 0.05) is 26.2 Å². The van der Waals surface area contributed by atoms with Crippen LogP contribution >= 0.6 is 0 Å². The van der Waals surface area contributed by atoms with Crippen LogP contribution < -0.4 is 11.7 Å². The number of benzene rings is 2. The summed E-state index contributed by atoms with van der Waals surface area (Å²) in [6.45, 7) is 0. The Labute approximate surface area is 187 Å². The van der Waals surface area contributed by atoms with Crippen LogP contribution in [0.5, 0.6) is 0 Å². The largest absolute Gasteiger partial charge is 0.453 e. The Morgan fingerprint density at radius 1 is 0.781 bits per heavy atom.